The Bertz CT molecular complexity index is 401. The lowest BCUT2D eigenvalue weighted by molar-refractivity contribution is 0.150. The molecule has 15 heavy (non-hydrogen) atoms. The summed E-state index contributed by atoms with van der Waals surface area (Å²) in [6, 6.07) is 3.06. The lowest BCUT2D eigenvalue weighted by atomic mass is 10.1. The van der Waals surface area contributed by atoms with E-state index in [0.717, 1.165) is 0 Å². The van der Waals surface area contributed by atoms with Crippen molar-refractivity contribution in [2.75, 3.05) is 0 Å². The Morgan fingerprint density at radius 2 is 2.27 bits per heavy atom. The molecule has 2 N–H and O–H groups in total. The fraction of sp³-hybridized carbons (Fsp3) is 0.333. The molecule has 0 bridgehead atoms. The lowest BCUT2D eigenvalue weighted by Gasteiger charge is -2.09. The van der Waals surface area contributed by atoms with Gasteiger partial charge in [0, 0.05) is 17.7 Å². The van der Waals surface area contributed by atoms with Gasteiger partial charge in [-0.25, -0.2) is 13.8 Å². The fourth-order valence-corrected chi connectivity index (χ4v) is 1.76. The number of alkyl halides is 2. The Kier molecular flexibility index (Phi) is 4.12. The zero-order valence-electron chi connectivity index (χ0n) is 7.67. The van der Waals surface area contributed by atoms with Crippen LogP contribution < -0.4 is 5.73 Å². The summed E-state index contributed by atoms with van der Waals surface area (Å²) in [4.78, 5) is 3.96. The van der Waals surface area contributed by atoms with Gasteiger partial charge in [-0.2, -0.15) is 5.26 Å². The maximum Gasteiger partial charge on any atom is 0.264 e. The molecule has 0 unspecified atom stereocenters. The number of nitrogens with two attached hydrogens (primary N) is 1. The van der Waals surface area contributed by atoms with Crippen LogP contribution in [0.3, 0.4) is 0 Å². The molecule has 0 amide bonds. The molecule has 1 aromatic rings. The van der Waals surface area contributed by atoms with Gasteiger partial charge in [-0.3, -0.25) is 0 Å². The number of aromatic nitrogens is 1. The van der Waals surface area contributed by atoms with Crippen molar-refractivity contribution in [2.45, 2.75) is 19.4 Å². The zero-order chi connectivity index (χ0) is 11.4. The molecule has 0 aliphatic carbocycles. The second-order valence-electron chi connectivity index (χ2n) is 2.81. The van der Waals surface area contributed by atoms with Crippen molar-refractivity contribution in [2.24, 2.45) is 5.73 Å². The van der Waals surface area contributed by atoms with Gasteiger partial charge in [0.15, 0.2) is 0 Å². The van der Waals surface area contributed by atoms with Crippen molar-refractivity contribution in [3.8, 4) is 6.07 Å². The Morgan fingerprint density at radius 3 is 2.73 bits per heavy atom. The molecular formula is C9H8BrF2N3. The molecule has 1 aromatic heterocycles. The smallest absolute Gasteiger partial charge is 0.264 e. The molecule has 0 saturated carbocycles. The normalized spacial score (nSPS) is 10.4. The van der Waals surface area contributed by atoms with Crippen LogP contribution in [-0.4, -0.2) is 4.98 Å². The van der Waals surface area contributed by atoms with E-state index in [1.807, 2.05) is 6.07 Å². The van der Waals surface area contributed by atoms with Crippen molar-refractivity contribution in [3.63, 3.8) is 0 Å². The molecule has 6 heteroatoms. The summed E-state index contributed by atoms with van der Waals surface area (Å²) in [5, 5.41) is 8.51. The molecule has 0 radical (unpaired) electrons. The fourth-order valence-electron chi connectivity index (χ4n) is 1.16. The third-order valence-electron chi connectivity index (χ3n) is 1.86. The van der Waals surface area contributed by atoms with Crippen LogP contribution in [-0.2, 0) is 13.0 Å². The Morgan fingerprint density at radius 1 is 1.60 bits per heavy atom. The second-order valence-corrected chi connectivity index (χ2v) is 3.56. The summed E-state index contributed by atoms with van der Waals surface area (Å²) >= 11 is 3.06. The van der Waals surface area contributed by atoms with Crippen LogP contribution in [0.1, 0.15) is 23.2 Å². The van der Waals surface area contributed by atoms with Crippen molar-refractivity contribution < 1.29 is 8.78 Å². The second kappa shape index (κ2) is 5.14. The predicted octanol–water partition coefficient (Wildman–Crippen LogP) is 2.31. The minimum absolute atomic E-state index is 0.0884. The van der Waals surface area contributed by atoms with Crippen molar-refractivity contribution >= 4 is 15.9 Å². The average molecular weight is 276 g/mol. The van der Waals surface area contributed by atoms with Gasteiger partial charge in [0.2, 0.25) is 0 Å². The third-order valence-corrected chi connectivity index (χ3v) is 2.52. The molecule has 0 aliphatic heterocycles. The molecule has 0 aromatic carbocycles. The Balaban J connectivity index is 3.30. The monoisotopic (exact) mass is 275 g/mol. The number of rotatable bonds is 3. The van der Waals surface area contributed by atoms with Gasteiger partial charge < -0.3 is 5.73 Å². The Labute approximate surface area is 94.0 Å². The quantitative estimate of drug-likeness (QED) is 0.861. The lowest BCUT2D eigenvalue weighted by Crippen LogP contribution is -2.05. The Hall–Kier alpha value is -1.06. The summed E-state index contributed by atoms with van der Waals surface area (Å²) in [5.41, 5.74) is 5.74. The highest BCUT2D eigenvalue weighted by molar-refractivity contribution is 9.10. The van der Waals surface area contributed by atoms with Gasteiger partial charge in [-0.1, -0.05) is 0 Å². The molecule has 1 heterocycles. The van der Waals surface area contributed by atoms with E-state index in [-0.39, 0.29) is 28.7 Å². The van der Waals surface area contributed by atoms with Crippen LogP contribution in [0.25, 0.3) is 0 Å². The van der Waals surface area contributed by atoms with E-state index >= 15 is 0 Å². The first-order valence-electron chi connectivity index (χ1n) is 4.13. The van der Waals surface area contributed by atoms with E-state index < -0.39 is 6.43 Å². The molecule has 0 saturated heterocycles. The highest BCUT2D eigenvalue weighted by Crippen LogP contribution is 2.28. The summed E-state index contributed by atoms with van der Waals surface area (Å²) in [6.07, 6.45) is -2.73. The van der Waals surface area contributed by atoms with Gasteiger partial charge in [0.1, 0.15) is 4.60 Å². The van der Waals surface area contributed by atoms with E-state index in [9.17, 15) is 8.78 Å². The number of halogens is 3. The van der Waals surface area contributed by atoms with Crippen LogP contribution in [0.2, 0.25) is 0 Å². The van der Waals surface area contributed by atoms with Crippen LogP contribution in [0.15, 0.2) is 10.7 Å². The van der Waals surface area contributed by atoms with E-state index in [1.165, 1.54) is 6.07 Å². The first-order chi connectivity index (χ1) is 7.10. The summed E-state index contributed by atoms with van der Waals surface area (Å²) < 4.78 is 25.6. The molecule has 0 aliphatic rings. The number of nitrogens with zero attached hydrogens (tertiary/aromatic N) is 2. The topological polar surface area (TPSA) is 62.7 Å². The SMILES string of the molecule is N#CCc1c(C(F)F)cc(CN)nc1Br. The van der Waals surface area contributed by atoms with E-state index in [1.54, 1.807) is 0 Å². The molecule has 1 rings (SSSR count). The molecule has 0 atom stereocenters. The first kappa shape index (κ1) is 12.0. The predicted molar refractivity (Wildman–Crippen MR) is 54.1 cm³/mol. The molecule has 0 fully saturated rings. The highest BCUT2D eigenvalue weighted by atomic mass is 79.9. The van der Waals surface area contributed by atoms with Gasteiger partial charge >= 0.3 is 0 Å². The number of hydrogen-bond acceptors (Lipinski definition) is 3. The molecule has 80 valence electrons. The minimum Gasteiger partial charge on any atom is -0.325 e. The minimum atomic E-state index is -2.63. The zero-order valence-corrected chi connectivity index (χ0v) is 9.26. The number of nitriles is 1. The summed E-state index contributed by atoms with van der Waals surface area (Å²) in [7, 11) is 0. The van der Waals surface area contributed by atoms with Crippen molar-refractivity contribution in [1.82, 2.24) is 4.98 Å². The first-order valence-corrected chi connectivity index (χ1v) is 4.92. The van der Waals surface area contributed by atoms with Gasteiger partial charge in [0.25, 0.3) is 6.43 Å². The highest BCUT2D eigenvalue weighted by Gasteiger charge is 2.17. The molecule has 0 spiro atoms. The largest absolute Gasteiger partial charge is 0.325 e. The number of pyridine rings is 1. The van der Waals surface area contributed by atoms with Crippen molar-refractivity contribution in [1.29, 1.82) is 5.26 Å². The van der Waals surface area contributed by atoms with E-state index in [0.29, 0.717) is 5.69 Å². The standard InChI is InChI=1S/C9H8BrF2N3/c10-8-6(1-2-13)7(9(11)12)3-5(4-14)15-8/h3,9H,1,4,14H2. The van der Waals surface area contributed by atoms with Crippen LogP contribution in [0.5, 0.6) is 0 Å². The summed E-state index contributed by atoms with van der Waals surface area (Å²) in [5.74, 6) is 0. The number of hydrogen-bond donors (Lipinski definition) is 1. The van der Waals surface area contributed by atoms with E-state index in [4.69, 9.17) is 11.0 Å². The van der Waals surface area contributed by atoms with Gasteiger partial charge in [-0.15, -0.1) is 0 Å². The third kappa shape index (κ3) is 2.70. The molecular weight excluding hydrogens is 268 g/mol. The van der Waals surface area contributed by atoms with Gasteiger partial charge in [-0.05, 0) is 22.0 Å². The maximum absolute atomic E-state index is 12.6. The average Bonchev–Trinajstić information content (AvgIpc) is 2.20. The summed E-state index contributed by atoms with van der Waals surface area (Å²) in [6.45, 7) is 0.0884. The van der Waals surface area contributed by atoms with Crippen LogP contribution in [0, 0.1) is 11.3 Å². The molecule has 3 nitrogen and oxygen atoms in total. The van der Waals surface area contributed by atoms with Gasteiger partial charge in [0.05, 0.1) is 18.2 Å². The van der Waals surface area contributed by atoms with E-state index in [2.05, 4.69) is 20.9 Å². The van der Waals surface area contributed by atoms with Crippen molar-refractivity contribution in [3.05, 3.63) is 27.5 Å². The maximum atomic E-state index is 12.6. The van der Waals surface area contributed by atoms with Crippen LogP contribution >= 0.6 is 15.9 Å². The van der Waals surface area contributed by atoms with Crippen LogP contribution in [0.4, 0.5) is 8.78 Å².